The lowest BCUT2D eigenvalue weighted by molar-refractivity contribution is -0.137. The molecule has 0 saturated carbocycles. The largest absolute Gasteiger partial charge is 0.486 e. The average Bonchev–Trinajstić information content (AvgIpc) is 2.72. The van der Waals surface area contributed by atoms with Crippen LogP contribution in [0.25, 0.3) is 5.69 Å². The van der Waals surface area contributed by atoms with Crippen molar-refractivity contribution in [2.75, 3.05) is 6.61 Å². The van der Waals surface area contributed by atoms with Crippen LogP contribution in [0.15, 0.2) is 59.4 Å². The predicted octanol–water partition coefficient (Wildman–Crippen LogP) is 4.32. The number of hydrogen-bond donors (Lipinski definition) is 0. The normalized spacial score (nSPS) is 11.3. The summed E-state index contributed by atoms with van der Waals surface area (Å²) in [5, 5.41) is 4.12. The van der Waals surface area contributed by atoms with E-state index in [4.69, 9.17) is 9.47 Å². The fourth-order valence-corrected chi connectivity index (χ4v) is 2.86. The zero-order chi connectivity index (χ0) is 22.6. The summed E-state index contributed by atoms with van der Waals surface area (Å²) in [5.41, 5.74) is -0.204. The second-order valence-electron chi connectivity index (χ2n) is 6.60. The van der Waals surface area contributed by atoms with Crippen molar-refractivity contribution in [1.29, 1.82) is 0 Å². The molecule has 0 unspecified atom stereocenters. The summed E-state index contributed by atoms with van der Waals surface area (Å²) in [5.74, 6) is -0.991. The second-order valence-corrected chi connectivity index (χ2v) is 6.60. The number of halogens is 3. The minimum absolute atomic E-state index is 0.0665. The summed E-state index contributed by atoms with van der Waals surface area (Å²) in [6.07, 6.45) is -4.50. The van der Waals surface area contributed by atoms with Gasteiger partial charge in [-0.1, -0.05) is 30.3 Å². The van der Waals surface area contributed by atoms with Crippen molar-refractivity contribution in [1.82, 2.24) is 9.78 Å². The number of hydrogen-bond acceptors (Lipinski definition) is 5. The highest BCUT2D eigenvalue weighted by molar-refractivity contribution is 5.90. The molecule has 3 rings (SSSR count). The summed E-state index contributed by atoms with van der Waals surface area (Å²) < 4.78 is 50.3. The predicted molar refractivity (Wildman–Crippen MR) is 106 cm³/mol. The molecule has 0 amide bonds. The Morgan fingerprint density at radius 1 is 1.10 bits per heavy atom. The molecular weight excluding hydrogens is 413 g/mol. The lowest BCUT2D eigenvalue weighted by atomic mass is 10.1. The summed E-state index contributed by atoms with van der Waals surface area (Å²) in [4.78, 5) is 25.1. The van der Waals surface area contributed by atoms with Crippen molar-refractivity contribution in [3.8, 4) is 11.4 Å². The van der Waals surface area contributed by atoms with Crippen LogP contribution in [0.3, 0.4) is 0 Å². The Balaban J connectivity index is 1.98. The van der Waals surface area contributed by atoms with Crippen LogP contribution < -0.4 is 10.3 Å². The number of para-hydroxylation sites is 1. The van der Waals surface area contributed by atoms with E-state index in [0.29, 0.717) is 5.69 Å². The van der Waals surface area contributed by atoms with Gasteiger partial charge in [0.05, 0.1) is 23.9 Å². The molecule has 0 atom stereocenters. The van der Waals surface area contributed by atoms with Crippen molar-refractivity contribution in [2.24, 2.45) is 0 Å². The number of alkyl halides is 3. The first-order valence-corrected chi connectivity index (χ1v) is 9.37. The summed E-state index contributed by atoms with van der Waals surface area (Å²) in [7, 11) is 0. The van der Waals surface area contributed by atoms with Crippen LogP contribution in [0, 0.1) is 6.92 Å². The third-order valence-corrected chi connectivity index (χ3v) is 4.36. The number of nitrogens with zero attached hydrogens (tertiary/aromatic N) is 2. The Labute approximate surface area is 175 Å². The summed E-state index contributed by atoms with van der Waals surface area (Å²) >= 11 is 0. The van der Waals surface area contributed by atoms with Crippen LogP contribution in [-0.4, -0.2) is 22.4 Å². The van der Waals surface area contributed by atoms with E-state index in [-0.39, 0.29) is 30.2 Å². The van der Waals surface area contributed by atoms with Gasteiger partial charge in [-0.3, -0.25) is 4.79 Å². The van der Waals surface area contributed by atoms with E-state index in [2.05, 4.69) is 5.10 Å². The molecule has 0 radical (unpaired) electrons. The Morgan fingerprint density at radius 3 is 2.52 bits per heavy atom. The maximum absolute atomic E-state index is 12.9. The van der Waals surface area contributed by atoms with E-state index >= 15 is 0 Å². The van der Waals surface area contributed by atoms with Crippen LogP contribution in [0.1, 0.15) is 34.1 Å². The molecule has 6 nitrogen and oxygen atoms in total. The van der Waals surface area contributed by atoms with Gasteiger partial charge >= 0.3 is 12.1 Å². The molecule has 162 valence electrons. The maximum Gasteiger partial charge on any atom is 0.416 e. The molecule has 31 heavy (non-hydrogen) atoms. The molecule has 0 N–H and O–H groups in total. The Morgan fingerprint density at radius 2 is 1.84 bits per heavy atom. The highest BCUT2D eigenvalue weighted by Crippen LogP contribution is 2.30. The topological polar surface area (TPSA) is 70.4 Å². The molecule has 9 heteroatoms. The van der Waals surface area contributed by atoms with Gasteiger partial charge in [-0.2, -0.15) is 23.0 Å². The lowest BCUT2D eigenvalue weighted by Crippen LogP contribution is -2.25. The standard InChI is InChI=1S/C22H19F3N2O4/c1-3-30-21(29)20-18(31-13-15-8-6-9-16(11-15)22(23,24)25)12-19(28)27(26-20)17-10-5-4-7-14(17)2/h4-12H,3,13H2,1-2H3. The molecule has 3 aromatic rings. The van der Waals surface area contributed by atoms with E-state index in [9.17, 15) is 22.8 Å². The molecule has 0 aliphatic rings. The number of benzene rings is 2. The van der Waals surface area contributed by atoms with Crippen LogP contribution in [-0.2, 0) is 17.5 Å². The zero-order valence-corrected chi connectivity index (χ0v) is 16.8. The molecule has 1 heterocycles. The number of esters is 1. The van der Waals surface area contributed by atoms with Gasteiger partial charge < -0.3 is 9.47 Å². The fraction of sp³-hybridized carbons (Fsp3) is 0.227. The highest BCUT2D eigenvalue weighted by atomic mass is 19.4. The van der Waals surface area contributed by atoms with Gasteiger partial charge in [0.25, 0.3) is 5.56 Å². The van der Waals surface area contributed by atoms with Crippen molar-refractivity contribution in [3.05, 3.63) is 87.3 Å². The minimum atomic E-state index is -4.50. The van der Waals surface area contributed by atoms with Gasteiger partial charge in [-0.25, -0.2) is 4.79 Å². The van der Waals surface area contributed by atoms with Gasteiger partial charge in [0, 0.05) is 0 Å². The molecule has 0 spiro atoms. The quantitative estimate of drug-likeness (QED) is 0.543. The third kappa shape index (κ3) is 5.11. The number of carbonyl (C=O) groups excluding carboxylic acids is 1. The van der Waals surface area contributed by atoms with Crippen LogP contribution in [0.5, 0.6) is 5.75 Å². The molecular formula is C22H19F3N2O4. The first kappa shape index (κ1) is 22.1. The number of carbonyl (C=O) groups is 1. The molecule has 0 fully saturated rings. The van der Waals surface area contributed by atoms with E-state index < -0.39 is 23.3 Å². The van der Waals surface area contributed by atoms with Crippen molar-refractivity contribution >= 4 is 5.97 Å². The Hall–Kier alpha value is -3.62. The third-order valence-electron chi connectivity index (χ3n) is 4.36. The SMILES string of the molecule is CCOC(=O)c1nn(-c2ccccc2C)c(=O)cc1OCc1cccc(C(F)(F)F)c1. The Kier molecular flexibility index (Phi) is 6.43. The van der Waals surface area contributed by atoms with E-state index in [1.165, 1.54) is 12.1 Å². The monoisotopic (exact) mass is 432 g/mol. The Bertz CT molecular complexity index is 1160. The van der Waals surface area contributed by atoms with E-state index in [0.717, 1.165) is 28.4 Å². The highest BCUT2D eigenvalue weighted by Gasteiger charge is 2.30. The molecule has 0 saturated heterocycles. The molecule has 1 aromatic heterocycles. The number of aromatic nitrogens is 2. The van der Waals surface area contributed by atoms with E-state index in [1.54, 1.807) is 38.1 Å². The molecule has 0 aliphatic heterocycles. The zero-order valence-electron chi connectivity index (χ0n) is 16.8. The average molecular weight is 432 g/mol. The van der Waals surface area contributed by atoms with Crippen molar-refractivity contribution in [2.45, 2.75) is 26.6 Å². The summed E-state index contributed by atoms with van der Waals surface area (Å²) in [6, 6.07) is 12.6. The first-order chi connectivity index (χ1) is 14.7. The molecule has 0 bridgehead atoms. The minimum Gasteiger partial charge on any atom is -0.486 e. The fourth-order valence-electron chi connectivity index (χ4n) is 2.86. The van der Waals surface area contributed by atoms with Gasteiger partial charge in [0.2, 0.25) is 5.69 Å². The van der Waals surface area contributed by atoms with Gasteiger partial charge in [-0.15, -0.1) is 0 Å². The van der Waals surface area contributed by atoms with E-state index in [1.807, 2.05) is 0 Å². The van der Waals surface area contributed by atoms with Crippen molar-refractivity contribution < 1.29 is 27.4 Å². The van der Waals surface area contributed by atoms with Gasteiger partial charge in [0.1, 0.15) is 6.61 Å². The number of ether oxygens (including phenoxy) is 2. The maximum atomic E-state index is 12.9. The van der Waals surface area contributed by atoms with Crippen molar-refractivity contribution in [3.63, 3.8) is 0 Å². The smallest absolute Gasteiger partial charge is 0.416 e. The van der Waals surface area contributed by atoms with Crippen LogP contribution in [0.2, 0.25) is 0 Å². The first-order valence-electron chi connectivity index (χ1n) is 9.37. The molecule has 0 aliphatic carbocycles. The number of aryl methyl sites for hydroxylation is 1. The van der Waals surface area contributed by atoms with Crippen LogP contribution in [0.4, 0.5) is 13.2 Å². The van der Waals surface area contributed by atoms with Gasteiger partial charge in [0.15, 0.2) is 5.75 Å². The number of rotatable bonds is 6. The second kappa shape index (κ2) is 9.03. The molecule has 2 aromatic carbocycles. The van der Waals surface area contributed by atoms with Gasteiger partial charge in [-0.05, 0) is 43.2 Å². The lowest BCUT2D eigenvalue weighted by Gasteiger charge is -2.14. The summed E-state index contributed by atoms with van der Waals surface area (Å²) in [6.45, 7) is 3.16. The van der Waals surface area contributed by atoms with Crippen LogP contribution >= 0.6 is 0 Å².